The van der Waals surface area contributed by atoms with E-state index in [0.29, 0.717) is 6.04 Å². The van der Waals surface area contributed by atoms with E-state index >= 15 is 0 Å². The molecule has 1 aliphatic rings. The molecule has 18 heavy (non-hydrogen) atoms. The van der Waals surface area contributed by atoms with E-state index in [1.807, 2.05) is 18.9 Å². The SMILES string of the molecule is CC(c1c(F)cccc1F)N(C)CC1CCCN1. The largest absolute Gasteiger partial charge is 0.313 e. The van der Waals surface area contributed by atoms with Crippen molar-refractivity contribution in [3.8, 4) is 0 Å². The molecule has 2 atom stereocenters. The van der Waals surface area contributed by atoms with Gasteiger partial charge >= 0.3 is 0 Å². The first kappa shape index (κ1) is 13.4. The molecule has 2 rings (SSSR count). The molecule has 1 saturated heterocycles. The third-order valence-electron chi connectivity index (χ3n) is 3.75. The van der Waals surface area contributed by atoms with Crippen molar-refractivity contribution in [2.24, 2.45) is 0 Å². The maximum Gasteiger partial charge on any atom is 0.130 e. The molecule has 2 nitrogen and oxygen atoms in total. The van der Waals surface area contributed by atoms with Gasteiger partial charge in [-0.1, -0.05) is 6.07 Å². The average molecular weight is 254 g/mol. The monoisotopic (exact) mass is 254 g/mol. The van der Waals surface area contributed by atoms with Crippen LogP contribution in [0.15, 0.2) is 18.2 Å². The van der Waals surface area contributed by atoms with Gasteiger partial charge in [-0.05, 0) is 45.5 Å². The Balaban J connectivity index is 2.07. The van der Waals surface area contributed by atoms with E-state index in [2.05, 4.69) is 5.32 Å². The normalized spacial score (nSPS) is 21.5. The van der Waals surface area contributed by atoms with Crippen molar-refractivity contribution in [2.45, 2.75) is 31.8 Å². The smallest absolute Gasteiger partial charge is 0.130 e. The Morgan fingerprint density at radius 3 is 2.61 bits per heavy atom. The molecular formula is C14H20F2N2. The summed E-state index contributed by atoms with van der Waals surface area (Å²) in [5, 5.41) is 3.39. The lowest BCUT2D eigenvalue weighted by molar-refractivity contribution is 0.229. The maximum absolute atomic E-state index is 13.7. The highest BCUT2D eigenvalue weighted by Gasteiger charge is 2.23. The Kier molecular flexibility index (Phi) is 4.30. The van der Waals surface area contributed by atoms with Gasteiger partial charge < -0.3 is 5.32 Å². The predicted octanol–water partition coefficient (Wildman–Crippen LogP) is 2.71. The van der Waals surface area contributed by atoms with Crippen LogP contribution in [0.2, 0.25) is 0 Å². The molecule has 100 valence electrons. The molecule has 0 spiro atoms. The summed E-state index contributed by atoms with van der Waals surface area (Å²) in [4.78, 5) is 2.00. The Hall–Kier alpha value is -1.00. The summed E-state index contributed by atoms with van der Waals surface area (Å²) in [5.74, 6) is -0.928. The van der Waals surface area contributed by atoms with E-state index in [-0.39, 0.29) is 11.6 Å². The highest BCUT2D eigenvalue weighted by atomic mass is 19.1. The van der Waals surface area contributed by atoms with E-state index < -0.39 is 11.6 Å². The molecular weight excluding hydrogens is 234 g/mol. The van der Waals surface area contributed by atoms with Crippen LogP contribution in [0.4, 0.5) is 8.78 Å². The minimum absolute atomic E-state index is 0.165. The topological polar surface area (TPSA) is 15.3 Å². The Labute approximate surface area is 107 Å². The molecule has 1 aromatic rings. The van der Waals surface area contributed by atoms with Gasteiger partial charge in [-0.2, -0.15) is 0 Å². The number of likely N-dealkylation sites (N-methyl/N-ethyl adjacent to an activating group) is 1. The van der Waals surface area contributed by atoms with E-state index in [1.165, 1.54) is 24.6 Å². The first-order chi connectivity index (χ1) is 8.59. The average Bonchev–Trinajstić information content (AvgIpc) is 2.81. The van der Waals surface area contributed by atoms with E-state index in [1.54, 1.807) is 0 Å². The second kappa shape index (κ2) is 5.76. The Morgan fingerprint density at radius 2 is 2.06 bits per heavy atom. The van der Waals surface area contributed by atoms with Crippen LogP contribution >= 0.6 is 0 Å². The van der Waals surface area contributed by atoms with Gasteiger partial charge in [-0.25, -0.2) is 8.78 Å². The summed E-state index contributed by atoms with van der Waals surface area (Å²) in [7, 11) is 1.91. The van der Waals surface area contributed by atoms with E-state index in [0.717, 1.165) is 19.5 Å². The highest BCUT2D eigenvalue weighted by Crippen LogP contribution is 2.25. The third-order valence-corrected chi connectivity index (χ3v) is 3.75. The molecule has 0 aromatic heterocycles. The van der Waals surface area contributed by atoms with Gasteiger partial charge in [0.2, 0.25) is 0 Å². The third kappa shape index (κ3) is 2.87. The molecule has 1 N–H and O–H groups in total. The number of nitrogens with zero attached hydrogens (tertiary/aromatic N) is 1. The van der Waals surface area contributed by atoms with Gasteiger partial charge in [0.25, 0.3) is 0 Å². The second-order valence-corrected chi connectivity index (χ2v) is 5.04. The molecule has 0 radical (unpaired) electrons. The summed E-state index contributed by atoms with van der Waals surface area (Å²) in [6.07, 6.45) is 2.32. The number of benzene rings is 1. The minimum atomic E-state index is -0.464. The number of hydrogen-bond donors (Lipinski definition) is 1. The van der Waals surface area contributed by atoms with Gasteiger partial charge in [0.05, 0.1) is 0 Å². The maximum atomic E-state index is 13.7. The zero-order chi connectivity index (χ0) is 13.1. The van der Waals surface area contributed by atoms with Crippen LogP contribution in [0.3, 0.4) is 0 Å². The lowest BCUT2D eigenvalue weighted by atomic mass is 10.0. The highest BCUT2D eigenvalue weighted by molar-refractivity contribution is 5.22. The lowest BCUT2D eigenvalue weighted by Gasteiger charge is -2.28. The fraction of sp³-hybridized carbons (Fsp3) is 0.571. The van der Waals surface area contributed by atoms with Gasteiger partial charge in [0.15, 0.2) is 0 Å². The molecule has 1 heterocycles. The fourth-order valence-corrected chi connectivity index (χ4v) is 2.55. The summed E-state index contributed by atoms with van der Waals surface area (Å²) in [6, 6.07) is 4.22. The summed E-state index contributed by atoms with van der Waals surface area (Å²) >= 11 is 0. The first-order valence-electron chi connectivity index (χ1n) is 6.47. The van der Waals surface area contributed by atoms with Crippen molar-refractivity contribution in [1.29, 1.82) is 0 Å². The van der Waals surface area contributed by atoms with Crippen LogP contribution in [0.25, 0.3) is 0 Å². The van der Waals surface area contributed by atoms with Crippen LogP contribution in [0.5, 0.6) is 0 Å². The number of nitrogens with one attached hydrogen (secondary N) is 1. The van der Waals surface area contributed by atoms with Crippen LogP contribution < -0.4 is 5.32 Å². The number of rotatable bonds is 4. The molecule has 1 aliphatic heterocycles. The molecule has 4 heteroatoms. The molecule has 2 unspecified atom stereocenters. The van der Waals surface area contributed by atoms with Crippen molar-refractivity contribution in [3.63, 3.8) is 0 Å². The van der Waals surface area contributed by atoms with Crippen LogP contribution in [-0.2, 0) is 0 Å². The quantitative estimate of drug-likeness (QED) is 0.888. The second-order valence-electron chi connectivity index (χ2n) is 5.04. The van der Waals surface area contributed by atoms with Crippen molar-refractivity contribution in [1.82, 2.24) is 10.2 Å². The first-order valence-corrected chi connectivity index (χ1v) is 6.47. The summed E-state index contributed by atoms with van der Waals surface area (Å²) in [6.45, 7) is 3.70. The molecule has 0 bridgehead atoms. The fourth-order valence-electron chi connectivity index (χ4n) is 2.55. The van der Waals surface area contributed by atoms with Crippen molar-refractivity contribution in [2.75, 3.05) is 20.1 Å². The van der Waals surface area contributed by atoms with Gasteiger partial charge in [-0.15, -0.1) is 0 Å². The van der Waals surface area contributed by atoms with E-state index in [9.17, 15) is 8.78 Å². The van der Waals surface area contributed by atoms with Crippen LogP contribution in [0, 0.1) is 11.6 Å². The van der Waals surface area contributed by atoms with Crippen molar-refractivity contribution >= 4 is 0 Å². The standard InChI is InChI=1S/C14H20F2N2/c1-10(14-12(15)6-3-7-13(14)16)18(2)9-11-5-4-8-17-11/h3,6-7,10-11,17H,4-5,8-9H2,1-2H3. The Bertz CT molecular complexity index is 383. The number of hydrogen-bond acceptors (Lipinski definition) is 2. The molecule has 1 aromatic carbocycles. The summed E-state index contributed by atoms with van der Waals surface area (Å²) < 4.78 is 27.4. The summed E-state index contributed by atoms with van der Waals surface area (Å²) in [5.41, 5.74) is 0.165. The van der Waals surface area contributed by atoms with Crippen molar-refractivity contribution < 1.29 is 8.78 Å². The Morgan fingerprint density at radius 1 is 1.39 bits per heavy atom. The lowest BCUT2D eigenvalue weighted by Crippen LogP contribution is -2.37. The van der Waals surface area contributed by atoms with E-state index in [4.69, 9.17) is 0 Å². The van der Waals surface area contributed by atoms with Gasteiger partial charge in [0, 0.05) is 24.2 Å². The predicted molar refractivity (Wildman–Crippen MR) is 68.4 cm³/mol. The van der Waals surface area contributed by atoms with Crippen molar-refractivity contribution in [3.05, 3.63) is 35.4 Å². The zero-order valence-corrected chi connectivity index (χ0v) is 10.9. The molecule has 0 saturated carbocycles. The molecule has 0 amide bonds. The zero-order valence-electron chi connectivity index (χ0n) is 10.9. The molecule has 1 fully saturated rings. The van der Waals surface area contributed by atoms with Crippen LogP contribution in [0.1, 0.15) is 31.4 Å². The van der Waals surface area contributed by atoms with Gasteiger partial charge in [-0.3, -0.25) is 4.90 Å². The number of halogens is 2. The van der Waals surface area contributed by atoms with Crippen LogP contribution in [-0.4, -0.2) is 31.1 Å². The van der Waals surface area contributed by atoms with Gasteiger partial charge in [0.1, 0.15) is 11.6 Å². The minimum Gasteiger partial charge on any atom is -0.313 e. The molecule has 0 aliphatic carbocycles.